The van der Waals surface area contributed by atoms with Gasteiger partial charge < -0.3 is 4.74 Å². The highest BCUT2D eigenvalue weighted by Gasteiger charge is 2.50. The van der Waals surface area contributed by atoms with Crippen LogP contribution in [0.25, 0.3) is 0 Å². The van der Waals surface area contributed by atoms with Gasteiger partial charge in [-0.15, -0.1) is 6.58 Å². The van der Waals surface area contributed by atoms with Crippen molar-refractivity contribution in [2.45, 2.75) is 31.6 Å². The van der Waals surface area contributed by atoms with Crippen LogP contribution >= 0.6 is 0 Å². The first-order chi connectivity index (χ1) is 6.92. The van der Waals surface area contributed by atoms with Crippen LogP contribution in [0.5, 0.6) is 0 Å². The van der Waals surface area contributed by atoms with Crippen LogP contribution < -0.4 is 0 Å². The maximum atomic E-state index is 12.3. The summed E-state index contributed by atoms with van der Waals surface area (Å²) < 4.78 is 51.8. The van der Waals surface area contributed by atoms with E-state index in [4.69, 9.17) is 0 Å². The van der Waals surface area contributed by atoms with Crippen LogP contribution in [-0.4, -0.2) is 24.9 Å². The van der Waals surface area contributed by atoms with Crippen LogP contribution in [0.3, 0.4) is 0 Å². The predicted molar refractivity (Wildman–Crippen MR) is 46.0 cm³/mol. The second-order valence-corrected chi connectivity index (χ2v) is 2.84. The number of carbonyl (C=O) groups is 1. The van der Waals surface area contributed by atoms with Crippen molar-refractivity contribution in [1.29, 1.82) is 0 Å². The van der Waals surface area contributed by atoms with E-state index in [2.05, 4.69) is 11.3 Å². The molecule has 0 spiro atoms. The Morgan fingerprint density at radius 2 is 2.00 bits per heavy atom. The molecule has 6 heteroatoms. The highest BCUT2D eigenvalue weighted by atomic mass is 19.3. The number of halogens is 4. The number of esters is 1. The zero-order valence-electron chi connectivity index (χ0n) is 8.02. The van der Waals surface area contributed by atoms with E-state index in [1.54, 1.807) is 6.08 Å². The molecule has 0 atom stereocenters. The van der Waals surface area contributed by atoms with Gasteiger partial charge in [0.25, 0.3) is 0 Å². The van der Waals surface area contributed by atoms with Crippen LogP contribution in [-0.2, 0) is 9.53 Å². The Bertz CT molecular complexity index is 216. The summed E-state index contributed by atoms with van der Waals surface area (Å²) >= 11 is 0. The normalized spacial score (nSPS) is 11.5. The largest absolute Gasteiger partial charge is 0.461 e. The molecule has 15 heavy (non-hydrogen) atoms. The Kier molecular flexibility index (Phi) is 5.96. The molecule has 0 radical (unpaired) electrons. The average Bonchev–Trinajstić information content (AvgIpc) is 2.16. The quantitative estimate of drug-likeness (QED) is 0.290. The van der Waals surface area contributed by atoms with Crippen molar-refractivity contribution in [3.63, 3.8) is 0 Å². The molecule has 0 aromatic rings. The Balaban J connectivity index is 3.79. The second-order valence-electron chi connectivity index (χ2n) is 2.84. The maximum absolute atomic E-state index is 12.3. The first-order valence-corrected chi connectivity index (χ1v) is 4.37. The summed E-state index contributed by atoms with van der Waals surface area (Å²) in [6.45, 7) is 3.15. The van der Waals surface area contributed by atoms with Crippen LogP contribution in [0.4, 0.5) is 17.6 Å². The minimum Gasteiger partial charge on any atom is -0.461 e. The molecule has 0 saturated heterocycles. The molecule has 0 unspecified atom stereocenters. The summed E-state index contributed by atoms with van der Waals surface area (Å²) in [7, 11) is 0. The van der Waals surface area contributed by atoms with Crippen LogP contribution in [0, 0.1) is 0 Å². The van der Waals surface area contributed by atoms with E-state index in [1.807, 2.05) is 0 Å². The molecule has 0 amide bonds. The third-order valence-electron chi connectivity index (χ3n) is 1.58. The minimum absolute atomic E-state index is 0.283. The Morgan fingerprint density at radius 3 is 2.47 bits per heavy atom. The summed E-state index contributed by atoms with van der Waals surface area (Å²) in [5.74, 6) is -6.88. The van der Waals surface area contributed by atoms with Gasteiger partial charge in [-0.3, -0.25) is 0 Å². The predicted octanol–water partition coefficient (Wildman–Crippen LogP) is 2.79. The van der Waals surface area contributed by atoms with E-state index in [1.165, 1.54) is 0 Å². The SMILES string of the molecule is C=CCCCCOC(=O)C(F)(F)C(F)F. The van der Waals surface area contributed by atoms with E-state index < -0.39 is 18.3 Å². The van der Waals surface area contributed by atoms with Gasteiger partial charge >= 0.3 is 18.3 Å². The van der Waals surface area contributed by atoms with E-state index in [-0.39, 0.29) is 6.61 Å². The molecule has 0 aromatic heterocycles. The Morgan fingerprint density at radius 1 is 1.40 bits per heavy atom. The van der Waals surface area contributed by atoms with Crippen molar-refractivity contribution in [3.05, 3.63) is 12.7 Å². The van der Waals surface area contributed by atoms with Crippen molar-refractivity contribution in [3.8, 4) is 0 Å². The molecule has 0 aliphatic heterocycles. The van der Waals surface area contributed by atoms with E-state index in [9.17, 15) is 22.4 Å². The molecular weight excluding hydrogens is 216 g/mol. The number of hydrogen-bond acceptors (Lipinski definition) is 2. The van der Waals surface area contributed by atoms with Gasteiger partial charge in [0.1, 0.15) is 0 Å². The molecule has 0 heterocycles. The van der Waals surface area contributed by atoms with Gasteiger partial charge in [-0.25, -0.2) is 13.6 Å². The van der Waals surface area contributed by atoms with Crippen molar-refractivity contribution < 1.29 is 27.1 Å². The zero-order chi connectivity index (χ0) is 11.9. The smallest absolute Gasteiger partial charge is 0.401 e. The van der Waals surface area contributed by atoms with Gasteiger partial charge in [-0.2, -0.15) is 8.78 Å². The van der Waals surface area contributed by atoms with Gasteiger partial charge in [0.05, 0.1) is 6.61 Å². The lowest BCUT2D eigenvalue weighted by Crippen LogP contribution is -2.38. The lowest BCUT2D eigenvalue weighted by molar-refractivity contribution is -0.194. The number of rotatable bonds is 7. The number of unbranched alkanes of at least 4 members (excludes halogenated alkanes) is 2. The van der Waals surface area contributed by atoms with E-state index in [0.29, 0.717) is 19.3 Å². The topological polar surface area (TPSA) is 26.3 Å². The van der Waals surface area contributed by atoms with Gasteiger partial charge in [0.2, 0.25) is 0 Å². The number of hydrogen-bond donors (Lipinski definition) is 0. The highest BCUT2D eigenvalue weighted by Crippen LogP contribution is 2.24. The third-order valence-corrected chi connectivity index (χ3v) is 1.58. The molecule has 0 aromatic carbocycles. The number of ether oxygens (including phenoxy) is 1. The van der Waals surface area contributed by atoms with Gasteiger partial charge in [-0.05, 0) is 19.3 Å². The van der Waals surface area contributed by atoms with Crippen LogP contribution in [0.2, 0.25) is 0 Å². The van der Waals surface area contributed by atoms with Gasteiger partial charge in [0, 0.05) is 0 Å². The first kappa shape index (κ1) is 13.9. The van der Waals surface area contributed by atoms with Crippen molar-refractivity contribution in [2.75, 3.05) is 6.61 Å². The molecule has 0 saturated carbocycles. The molecule has 0 aliphatic rings. The Labute approximate surface area is 84.9 Å². The first-order valence-electron chi connectivity index (χ1n) is 4.37. The molecular formula is C9H12F4O2. The number of alkyl halides is 4. The summed E-state index contributed by atoms with van der Waals surface area (Å²) in [4.78, 5) is 10.5. The monoisotopic (exact) mass is 228 g/mol. The fraction of sp³-hybridized carbons (Fsp3) is 0.667. The fourth-order valence-corrected chi connectivity index (χ4v) is 0.741. The molecule has 88 valence electrons. The molecule has 0 fully saturated rings. The zero-order valence-corrected chi connectivity index (χ0v) is 8.02. The van der Waals surface area contributed by atoms with Crippen molar-refractivity contribution in [1.82, 2.24) is 0 Å². The Hall–Kier alpha value is -1.07. The summed E-state index contributed by atoms with van der Waals surface area (Å²) in [5.41, 5.74) is 0. The lowest BCUT2D eigenvalue weighted by Gasteiger charge is -2.13. The lowest BCUT2D eigenvalue weighted by atomic mass is 10.2. The molecule has 0 bridgehead atoms. The second kappa shape index (κ2) is 6.42. The summed E-state index contributed by atoms with van der Waals surface area (Å²) in [6.07, 6.45) is -0.801. The molecule has 0 rings (SSSR count). The molecule has 0 N–H and O–H groups in total. The summed E-state index contributed by atoms with van der Waals surface area (Å²) in [6, 6.07) is 0. The average molecular weight is 228 g/mol. The molecule has 0 aliphatic carbocycles. The number of carbonyl (C=O) groups excluding carboxylic acids is 1. The minimum atomic E-state index is -4.71. The third kappa shape index (κ3) is 4.80. The van der Waals surface area contributed by atoms with E-state index in [0.717, 1.165) is 0 Å². The van der Waals surface area contributed by atoms with E-state index >= 15 is 0 Å². The van der Waals surface area contributed by atoms with Crippen LogP contribution in [0.15, 0.2) is 12.7 Å². The van der Waals surface area contributed by atoms with Crippen molar-refractivity contribution >= 4 is 5.97 Å². The van der Waals surface area contributed by atoms with Gasteiger partial charge in [0.15, 0.2) is 0 Å². The summed E-state index contributed by atoms with van der Waals surface area (Å²) in [5, 5.41) is 0. The highest BCUT2D eigenvalue weighted by molar-refractivity contribution is 5.78. The maximum Gasteiger partial charge on any atom is 0.401 e. The van der Waals surface area contributed by atoms with Gasteiger partial charge in [-0.1, -0.05) is 6.08 Å². The fourth-order valence-electron chi connectivity index (χ4n) is 0.741. The molecule has 2 nitrogen and oxygen atoms in total. The standard InChI is InChI=1S/C9H12F4O2/c1-2-3-4-5-6-15-8(14)9(12,13)7(10)11/h2,7H,1,3-6H2. The van der Waals surface area contributed by atoms with Crippen molar-refractivity contribution in [2.24, 2.45) is 0 Å². The number of allylic oxidation sites excluding steroid dienone is 1. The van der Waals surface area contributed by atoms with Crippen LogP contribution in [0.1, 0.15) is 19.3 Å².